The number of piperazine rings is 1. The van der Waals surface area contributed by atoms with Crippen molar-refractivity contribution in [1.29, 1.82) is 0 Å². The topological polar surface area (TPSA) is 73.0 Å². The fourth-order valence-electron chi connectivity index (χ4n) is 5.03. The quantitative estimate of drug-likeness (QED) is 0.750. The third kappa shape index (κ3) is 4.63. The maximum absolute atomic E-state index is 13.1. The lowest BCUT2D eigenvalue weighted by Gasteiger charge is -2.37. The van der Waals surface area contributed by atoms with Gasteiger partial charge in [0.2, 0.25) is 15.9 Å². The van der Waals surface area contributed by atoms with E-state index in [0.717, 1.165) is 51.3 Å². The number of anilines is 1. The van der Waals surface area contributed by atoms with Crippen LogP contribution in [-0.2, 0) is 14.8 Å². The maximum atomic E-state index is 13.1. The Morgan fingerprint density at radius 3 is 2.30 bits per heavy atom. The number of hydrogen-bond donors (Lipinski definition) is 1. The van der Waals surface area contributed by atoms with Gasteiger partial charge in [-0.05, 0) is 49.9 Å². The van der Waals surface area contributed by atoms with E-state index < -0.39 is 15.4 Å². The van der Waals surface area contributed by atoms with Crippen LogP contribution in [0.25, 0.3) is 0 Å². The average Bonchev–Trinajstić information content (AvgIpc) is 3.02. The van der Waals surface area contributed by atoms with Crippen molar-refractivity contribution < 1.29 is 17.6 Å². The molecule has 0 aliphatic carbocycles. The van der Waals surface area contributed by atoms with Crippen molar-refractivity contribution in [3.05, 3.63) is 30.1 Å². The highest BCUT2D eigenvalue weighted by Crippen LogP contribution is 2.41. The first-order valence-corrected chi connectivity index (χ1v) is 12.6. The third-order valence-electron chi connectivity index (χ3n) is 6.96. The molecule has 30 heavy (non-hydrogen) atoms. The number of sulfonamides is 1. The van der Waals surface area contributed by atoms with Gasteiger partial charge < -0.3 is 10.2 Å². The van der Waals surface area contributed by atoms with Gasteiger partial charge in [-0.3, -0.25) is 9.69 Å². The molecule has 7 nitrogen and oxygen atoms in total. The lowest BCUT2D eigenvalue weighted by atomic mass is 9.76. The summed E-state index contributed by atoms with van der Waals surface area (Å²) in [5, 5.41) is 3.17. The molecular weight excluding hydrogens is 407 g/mol. The molecule has 166 valence electrons. The molecule has 0 unspecified atom stereocenters. The van der Waals surface area contributed by atoms with Gasteiger partial charge in [-0.1, -0.05) is 0 Å². The third-order valence-corrected chi connectivity index (χ3v) is 8.26. The van der Waals surface area contributed by atoms with E-state index in [4.69, 9.17) is 0 Å². The number of nitrogens with zero attached hydrogens (tertiary/aromatic N) is 3. The Morgan fingerprint density at radius 1 is 1.07 bits per heavy atom. The number of carbonyl (C=O) groups is 1. The monoisotopic (exact) mass is 438 g/mol. The second-order valence-electron chi connectivity index (χ2n) is 8.91. The van der Waals surface area contributed by atoms with Gasteiger partial charge in [0, 0.05) is 57.5 Å². The van der Waals surface area contributed by atoms with Crippen LogP contribution in [0.2, 0.25) is 0 Å². The smallest absolute Gasteiger partial charge is 0.226 e. The van der Waals surface area contributed by atoms with Gasteiger partial charge in [-0.15, -0.1) is 0 Å². The van der Waals surface area contributed by atoms with Crippen molar-refractivity contribution in [3.63, 3.8) is 0 Å². The number of benzene rings is 1. The number of amides is 1. The summed E-state index contributed by atoms with van der Waals surface area (Å²) in [5.74, 6) is -0.113. The summed E-state index contributed by atoms with van der Waals surface area (Å²) >= 11 is 0. The fourth-order valence-corrected chi connectivity index (χ4v) is 5.87. The molecule has 1 atom stereocenters. The summed E-state index contributed by atoms with van der Waals surface area (Å²) in [5.41, 5.74) is 0.661. The van der Waals surface area contributed by atoms with Crippen LogP contribution < -0.4 is 10.2 Å². The standard InChI is InChI=1S/C21H31FN4O3S/c1-30(28,29)26-10-7-21(8-11-26)16-18(23-20(21)27)6-9-24-12-14-25(15-13-24)19-4-2-17(22)3-5-19/h2-5,18H,6-16H2,1H3,(H,23,27)/t18-/m1/s1. The van der Waals surface area contributed by atoms with Crippen molar-refractivity contribution in [1.82, 2.24) is 14.5 Å². The Labute approximate surface area is 178 Å². The van der Waals surface area contributed by atoms with Crippen LogP contribution in [0.1, 0.15) is 25.7 Å². The van der Waals surface area contributed by atoms with Crippen LogP contribution in [-0.4, -0.2) is 81.6 Å². The summed E-state index contributed by atoms with van der Waals surface area (Å²) in [6.07, 6.45) is 4.18. The molecule has 9 heteroatoms. The number of hydrogen-bond acceptors (Lipinski definition) is 5. The van der Waals surface area contributed by atoms with Gasteiger partial charge in [-0.25, -0.2) is 17.1 Å². The lowest BCUT2D eigenvalue weighted by molar-refractivity contribution is -0.129. The predicted octanol–water partition coefficient (Wildman–Crippen LogP) is 1.27. The number of halogens is 1. The van der Waals surface area contributed by atoms with Crippen molar-refractivity contribution in [3.8, 4) is 0 Å². The van der Waals surface area contributed by atoms with Gasteiger partial charge >= 0.3 is 0 Å². The van der Waals surface area contributed by atoms with Gasteiger partial charge in [0.15, 0.2) is 0 Å². The summed E-state index contributed by atoms with van der Waals surface area (Å²) in [4.78, 5) is 17.4. The molecule has 3 aliphatic rings. The van der Waals surface area contributed by atoms with Crippen LogP contribution in [0.4, 0.5) is 10.1 Å². The largest absolute Gasteiger partial charge is 0.369 e. The van der Waals surface area contributed by atoms with E-state index in [1.54, 1.807) is 0 Å². The fraction of sp³-hybridized carbons (Fsp3) is 0.667. The molecular formula is C21H31FN4O3S. The molecule has 0 radical (unpaired) electrons. The van der Waals surface area contributed by atoms with Crippen LogP contribution in [0.15, 0.2) is 24.3 Å². The van der Waals surface area contributed by atoms with E-state index >= 15 is 0 Å². The van der Waals surface area contributed by atoms with E-state index in [1.165, 1.54) is 22.7 Å². The summed E-state index contributed by atoms with van der Waals surface area (Å²) in [6.45, 7) is 5.53. The molecule has 1 N–H and O–H groups in total. The highest BCUT2D eigenvalue weighted by molar-refractivity contribution is 7.88. The summed E-state index contributed by atoms with van der Waals surface area (Å²) < 4.78 is 38.1. The Kier molecular flexibility index (Phi) is 6.05. The first-order valence-electron chi connectivity index (χ1n) is 10.7. The van der Waals surface area contributed by atoms with E-state index in [-0.39, 0.29) is 17.8 Å². The van der Waals surface area contributed by atoms with Gasteiger partial charge in [0.25, 0.3) is 0 Å². The molecule has 3 saturated heterocycles. The van der Waals surface area contributed by atoms with Crippen LogP contribution in [0.5, 0.6) is 0 Å². The minimum absolute atomic E-state index is 0.0989. The number of rotatable bonds is 5. The Bertz CT molecular complexity index is 861. The summed E-state index contributed by atoms with van der Waals surface area (Å²) in [6, 6.07) is 6.82. The Hall–Kier alpha value is -1.71. The van der Waals surface area contributed by atoms with Gasteiger partial charge in [-0.2, -0.15) is 0 Å². The minimum atomic E-state index is -3.18. The SMILES string of the molecule is CS(=O)(=O)N1CCC2(CC1)C[C@@H](CCN1CCN(c3ccc(F)cc3)CC1)NC2=O. The molecule has 3 aliphatic heterocycles. The Morgan fingerprint density at radius 2 is 1.70 bits per heavy atom. The van der Waals surface area contributed by atoms with E-state index in [9.17, 15) is 17.6 Å². The molecule has 4 rings (SSSR count). The highest BCUT2D eigenvalue weighted by atomic mass is 32.2. The molecule has 1 aromatic carbocycles. The molecule has 3 fully saturated rings. The molecule has 1 spiro atoms. The van der Waals surface area contributed by atoms with E-state index in [0.29, 0.717) is 25.9 Å². The van der Waals surface area contributed by atoms with E-state index in [2.05, 4.69) is 15.1 Å². The van der Waals surface area contributed by atoms with Gasteiger partial charge in [0.05, 0.1) is 11.7 Å². The molecule has 1 aromatic rings. The maximum Gasteiger partial charge on any atom is 0.226 e. The van der Waals surface area contributed by atoms with Crippen molar-refractivity contribution in [2.45, 2.75) is 31.7 Å². The highest BCUT2D eigenvalue weighted by Gasteiger charge is 2.48. The predicted molar refractivity (Wildman–Crippen MR) is 114 cm³/mol. The zero-order valence-corrected chi connectivity index (χ0v) is 18.3. The second kappa shape index (κ2) is 8.43. The molecule has 0 saturated carbocycles. The number of nitrogens with one attached hydrogen (secondary N) is 1. The zero-order valence-electron chi connectivity index (χ0n) is 17.5. The summed E-state index contributed by atoms with van der Waals surface area (Å²) in [7, 11) is -3.18. The minimum Gasteiger partial charge on any atom is -0.369 e. The Balaban J connectivity index is 1.23. The molecule has 0 bridgehead atoms. The average molecular weight is 439 g/mol. The van der Waals surface area contributed by atoms with E-state index in [1.807, 2.05) is 12.1 Å². The number of carbonyl (C=O) groups excluding carboxylic acids is 1. The van der Waals surface area contributed by atoms with Gasteiger partial charge in [0.1, 0.15) is 5.82 Å². The molecule has 0 aromatic heterocycles. The van der Waals surface area contributed by atoms with Crippen molar-refractivity contribution in [2.24, 2.45) is 5.41 Å². The van der Waals surface area contributed by atoms with Crippen LogP contribution in [0.3, 0.4) is 0 Å². The van der Waals surface area contributed by atoms with Crippen molar-refractivity contribution in [2.75, 3.05) is 57.0 Å². The molecule has 3 heterocycles. The second-order valence-corrected chi connectivity index (χ2v) is 10.9. The first-order chi connectivity index (χ1) is 14.2. The normalized spacial score (nSPS) is 25.6. The molecule has 1 amide bonds. The van der Waals surface area contributed by atoms with Crippen LogP contribution >= 0.6 is 0 Å². The first kappa shape index (κ1) is 21.5. The zero-order chi connectivity index (χ0) is 21.4. The number of piperidine rings is 1. The van der Waals surface area contributed by atoms with Crippen LogP contribution in [0, 0.1) is 11.2 Å². The van der Waals surface area contributed by atoms with Crippen molar-refractivity contribution >= 4 is 21.6 Å². The lowest BCUT2D eigenvalue weighted by Crippen LogP contribution is -2.47.